The molecule has 0 spiro atoms. The van der Waals surface area contributed by atoms with Crippen LogP contribution in [0.25, 0.3) is 253 Å². The van der Waals surface area contributed by atoms with Crippen LogP contribution >= 0.6 is 11.3 Å². The van der Waals surface area contributed by atoms with Crippen LogP contribution in [0.15, 0.2) is 453 Å². The van der Waals surface area contributed by atoms with Gasteiger partial charge >= 0.3 is 0 Å². The van der Waals surface area contributed by atoms with E-state index in [2.05, 4.69) is 466 Å². The van der Waals surface area contributed by atoms with Crippen molar-refractivity contribution in [1.82, 2.24) is 48.2 Å². The fourth-order valence-corrected chi connectivity index (χ4v) is 25.6. The molecule has 12 heteroatoms. The molecule has 9 aromatic heterocycles. The first-order chi connectivity index (χ1) is 72.2. The van der Waals surface area contributed by atoms with Gasteiger partial charge in [0.1, 0.15) is 11.2 Å². The minimum atomic E-state index is -0.245. The summed E-state index contributed by atoms with van der Waals surface area (Å²) in [6.45, 7) is 13.7. The van der Waals surface area contributed by atoms with Gasteiger partial charge < -0.3 is 22.7 Å². The summed E-state index contributed by atoms with van der Waals surface area (Å²) >= 11 is 1.87. The van der Waals surface area contributed by atoms with Crippen LogP contribution in [0.4, 0.5) is 0 Å². The van der Waals surface area contributed by atoms with Crippen LogP contribution in [-0.4, -0.2) is 48.2 Å². The molecular weight excluding hydrogens is 1810 g/mol. The van der Waals surface area contributed by atoms with Gasteiger partial charge in [0, 0.05) is 163 Å². The van der Waals surface area contributed by atoms with Crippen molar-refractivity contribution in [1.29, 1.82) is 0 Å². The molecule has 3 aliphatic carbocycles. The summed E-state index contributed by atoms with van der Waals surface area (Å²) in [5.41, 5.74) is 38.5. The molecule has 0 amide bonds. The first-order valence-electron chi connectivity index (χ1n) is 50.5. The van der Waals surface area contributed by atoms with Crippen LogP contribution < -0.4 is 0 Å². The second-order valence-electron chi connectivity index (χ2n) is 40.6. The smallest absolute Gasteiger partial charge is 0.160 e. The van der Waals surface area contributed by atoms with Gasteiger partial charge in [0.2, 0.25) is 0 Å². The highest BCUT2D eigenvalue weighted by atomic mass is 32.1. The number of hydrogen-bond donors (Lipinski definition) is 0. The number of fused-ring (bicyclic) bond motifs is 30. The molecule has 9 heterocycles. The third-order valence-corrected chi connectivity index (χ3v) is 32.4. The Morgan fingerprint density at radius 3 is 0.864 bits per heavy atom. The lowest BCUT2D eigenvalue weighted by Gasteiger charge is -2.21. The Kier molecular flexibility index (Phi) is 19.1. The molecule has 0 aliphatic heterocycles. The van der Waals surface area contributed by atoms with Crippen molar-refractivity contribution in [3.05, 3.63) is 483 Å². The van der Waals surface area contributed by atoms with Gasteiger partial charge in [-0.25, -0.2) is 29.9 Å². The average Bonchev–Trinajstić information content (AvgIpc) is 1.55. The molecule has 0 saturated heterocycles. The minimum absolute atomic E-state index is 0.229. The highest BCUT2D eigenvalue weighted by Crippen LogP contribution is 2.57. The molecule has 0 bridgehead atoms. The van der Waals surface area contributed by atoms with Crippen molar-refractivity contribution >= 4 is 141 Å². The molecule has 0 fully saturated rings. The summed E-state index contributed by atoms with van der Waals surface area (Å²) in [5, 5.41) is 15.0. The maximum absolute atomic E-state index is 6.29. The van der Waals surface area contributed by atoms with Gasteiger partial charge in [0.05, 0.1) is 78.3 Å². The van der Waals surface area contributed by atoms with Gasteiger partial charge in [-0.05, 0) is 155 Å². The van der Waals surface area contributed by atoms with E-state index in [1.54, 1.807) is 0 Å². The Labute approximate surface area is 851 Å². The van der Waals surface area contributed by atoms with Gasteiger partial charge in [0.25, 0.3) is 0 Å². The van der Waals surface area contributed by atoms with E-state index in [-0.39, 0.29) is 16.2 Å². The van der Waals surface area contributed by atoms with E-state index in [9.17, 15) is 0 Å². The number of nitrogens with zero attached hydrogens (tertiary/aromatic N) is 10. The zero-order valence-corrected chi connectivity index (χ0v) is 82.3. The summed E-state index contributed by atoms with van der Waals surface area (Å²) in [6.07, 6.45) is 0. The van der Waals surface area contributed by atoms with E-state index in [0.717, 1.165) is 157 Å². The van der Waals surface area contributed by atoms with Gasteiger partial charge in [-0.3, -0.25) is 0 Å². The van der Waals surface area contributed by atoms with E-state index in [4.69, 9.17) is 34.3 Å². The summed E-state index contributed by atoms with van der Waals surface area (Å²) < 4.78 is 18.5. The molecule has 3 aliphatic rings. The molecule has 0 saturated carbocycles. The average molecular weight is 1900 g/mol. The number of aromatic nitrogens is 10. The van der Waals surface area contributed by atoms with Crippen molar-refractivity contribution in [2.75, 3.05) is 0 Å². The van der Waals surface area contributed by atoms with Crippen molar-refractivity contribution in [3.8, 4) is 124 Å². The van der Waals surface area contributed by atoms with E-state index in [1.165, 1.54) is 130 Å². The quantitative estimate of drug-likeness (QED) is 0.134. The Hall–Kier alpha value is -18.4. The van der Waals surface area contributed by atoms with Crippen molar-refractivity contribution in [3.63, 3.8) is 0 Å². The molecule has 0 atom stereocenters. The molecule has 147 heavy (non-hydrogen) atoms. The first-order valence-corrected chi connectivity index (χ1v) is 51.3. The van der Waals surface area contributed by atoms with Gasteiger partial charge in [-0.1, -0.05) is 369 Å². The second kappa shape index (κ2) is 32.8. The molecule has 0 unspecified atom stereocenters. The number of hydrogen-bond acceptors (Lipinski definition) is 8. The number of rotatable bonds is 10. The molecular formula is C135H92N10OS. The normalized spacial score (nSPS) is 13.4. The maximum atomic E-state index is 6.29. The zero-order valence-electron chi connectivity index (χ0n) is 81.5. The fraction of sp³-hybridized carbons (Fsp3) is 0.0667. The van der Waals surface area contributed by atoms with Crippen LogP contribution in [0.2, 0.25) is 0 Å². The predicted molar refractivity (Wildman–Crippen MR) is 609 cm³/mol. The van der Waals surface area contributed by atoms with Crippen LogP contribution in [-0.2, 0) is 16.2 Å². The van der Waals surface area contributed by atoms with E-state index >= 15 is 0 Å². The van der Waals surface area contributed by atoms with Gasteiger partial charge in [-0.2, -0.15) is 0 Å². The highest BCUT2D eigenvalue weighted by molar-refractivity contribution is 7.26. The summed E-state index contributed by atoms with van der Waals surface area (Å²) in [7, 11) is 0. The van der Waals surface area contributed by atoms with Gasteiger partial charge in [-0.15, -0.1) is 11.3 Å². The first kappa shape index (κ1) is 85.4. The van der Waals surface area contributed by atoms with Crippen LogP contribution in [0, 0.1) is 0 Å². The number of para-hydroxylation sites is 6. The SMILES string of the molecule is CC1(C)c2ccccc2-c2c(-c3ccc(-n4c5ccccc5c5c6c(ccc54)oc4ccccc46)cc3)nc(-c3ccccc3)nc21.CC1(C)c2ccccc2-c2c(-c3ccc(-n4c5ccccc5c5c6c(ccc54)sc4ccccc46)cc3)nc(-c3ccccc3)nc21.CC1(C)c2ccccc2-c2c(-c3ccc(-n4c5ccccc5c5c6c7ccccc7n(-c7ccccc7)c6ccc54)cc3)nc(-c3ccccc3)nc21. The lowest BCUT2D eigenvalue weighted by atomic mass is 9.85. The number of thiophene rings is 1. The summed E-state index contributed by atoms with van der Waals surface area (Å²) in [4.78, 5) is 31.6. The second-order valence-corrected chi connectivity index (χ2v) is 41.7. The summed E-state index contributed by atoms with van der Waals surface area (Å²) in [5.74, 6) is 2.27. The van der Waals surface area contributed by atoms with Crippen molar-refractivity contribution in [2.24, 2.45) is 0 Å². The van der Waals surface area contributed by atoms with Crippen LogP contribution in [0.5, 0.6) is 0 Å². The topological polar surface area (TPSA) is 110 Å². The standard InChI is InChI=1S/C49H34N4.C43H29N3O.C43H29N3S/c1-49(2)38-22-12-9-19-35(38)45-46(50-48(51-47(45)49)32-15-5-3-6-16-32)31-25-27-34(28-26-31)53-40-24-14-11-21-37(40)44-42(53)30-29-41-43(44)36-20-10-13-23-39(36)52(41)33-17-7-4-8-18-33;2*1-43(2)32-17-9-6-14-29(32)39-40(44-42(45-41(39)43)27-12-4-3-5-13-27)26-20-22-28(23-21-26)46-33-18-10-7-15-30(33)37-34(46)24-25-36-38(37)31-16-8-11-19-35(31)47-36/h3-30H,1-2H3;2*3-25H,1-2H3. The molecule has 694 valence electrons. The molecule has 19 aromatic carbocycles. The Balaban J connectivity index is 0.000000104. The Morgan fingerprint density at radius 1 is 0.197 bits per heavy atom. The van der Waals surface area contributed by atoms with Crippen molar-refractivity contribution < 1.29 is 4.42 Å². The Morgan fingerprint density at radius 2 is 0.483 bits per heavy atom. The lowest BCUT2D eigenvalue weighted by molar-refractivity contribution is 0.636. The Bertz CT molecular complexity index is 9940. The van der Waals surface area contributed by atoms with Crippen LogP contribution in [0.3, 0.4) is 0 Å². The molecule has 0 N–H and O–H groups in total. The van der Waals surface area contributed by atoms with Crippen molar-refractivity contribution in [2.45, 2.75) is 57.8 Å². The van der Waals surface area contributed by atoms with E-state index in [1.807, 2.05) is 53.8 Å². The van der Waals surface area contributed by atoms with Crippen LogP contribution in [0.1, 0.15) is 75.3 Å². The largest absolute Gasteiger partial charge is 0.456 e. The fourth-order valence-electron chi connectivity index (χ4n) is 24.5. The lowest BCUT2D eigenvalue weighted by Crippen LogP contribution is -2.17. The third-order valence-electron chi connectivity index (χ3n) is 31.2. The third kappa shape index (κ3) is 13.0. The molecule has 28 aromatic rings. The molecule has 31 rings (SSSR count). The monoisotopic (exact) mass is 1900 g/mol. The zero-order chi connectivity index (χ0) is 97.8. The summed E-state index contributed by atoms with van der Waals surface area (Å²) in [6, 6.07) is 160. The molecule has 0 radical (unpaired) electrons. The predicted octanol–water partition coefficient (Wildman–Crippen LogP) is 35.0. The van der Waals surface area contributed by atoms with E-state index in [0.29, 0.717) is 0 Å². The number of benzene rings is 19. The maximum Gasteiger partial charge on any atom is 0.160 e. The molecule has 11 nitrogen and oxygen atoms in total. The van der Waals surface area contributed by atoms with Gasteiger partial charge in [0.15, 0.2) is 17.5 Å². The minimum Gasteiger partial charge on any atom is -0.456 e. The highest BCUT2D eigenvalue weighted by Gasteiger charge is 2.44. The van der Waals surface area contributed by atoms with E-state index < -0.39 is 0 Å². The number of furan rings is 1.